The molecule has 1 aliphatic heterocycles. The molecule has 3 nitrogen and oxygen atoms in total. The van der Waals surface area contributed by atoms with Gasteiger partial charge in [0.2, 0.25) is 10.0 Å². The van der Waals surface area contributed by atoms with E-state index in [0.29, 0.717) is 17.3 Å². The molecule has 2 aromatic carbocycles. The lowest BCUT2D eigenvalue weighted by Gasteiger charge is -2.26. The van der Waals surface area contributed by atoms with Gasteiger partial charge in [-0.1, -0.05) is 45.7 Å². The van der Waals surface area contributed by atoms with E-state index in [4.69, 9.17) is 11.6 Å². The minimum Gasteiger partial charge on any atom is -0.265 e. The zero-order valence-electron chi connectivity index (χ0n) is 11.8. The molecule has 0 bridgehead atoms. The third kappa shape index (κ3) is 3.07. The molecule has 3 rings (SSSR count). The van der Waals surface area contributed by atoms with Crippen molar-refractivity contribution >= 4 is 55.4 Å². The van der Waals surface area contributed by atoms with E-state index >= 15 is 0 Å². The summed E-state index contributed by atoms with van der Waals surface area (Å²) in [6.07, 6.45) is 5.09. The third-order valence-corrected chi connectivity index (χ3v) is 5.38. The van der Waals surface area contributed by atoms with Crippen LogP contribution in [0.3, 0.4) is 0 Å². The van der Waals surface area contributed by atoms with Gasteiger partial charge in [-0.25, -0.2) is 8.42 Å². The van der Waals surface area contributed by atoms with Gasteiger partial charge >= 0.3 is 0 Å². The van der Waals surface area contributed by atoms with E-state index in [1.54, 1.807) is 18.2 Å². The summed E-state index contributed by atoms with van der Waals surface area (Å²) in [4.78, 5) is 0. The van der Waals surface area contributed by atoms with Crippen molar-refractivity contribution in [1.82, 2.24) is 0 Å². The molecule has 1 aliphatic rings. The molecule has 6 heteroatoms. The molecule has 0 N–H and O–H groups in total. The molecule has 0 aliphatic carbocycles. The van der Waals surface area contributed by atoms with Crippen molar-refractivity contribution in [2.45, 2.75) is 6.54 Å². The van der Waals surface area contributed by atoms with Crippen LogP contribution in [0.5, 0.6) is 0 Å². The predicted molar refractivity (Wildman–Crippen MR) is 95.5 cm³/mol. The van der Waals surface area contributed by atoms with E-state index < -0.39 is 10.0 Å². The van der Waals surface area contributed by atoms with Gasteiger partial charge in [0, 0.05) is 15.1 Å². The fraction of sp³-hybridized carbons (Fsp3) is 0.125. The lowest BCUT2D eigenvalue weighted by atomic mass is 10.0. The topological polar surface area (TPSA) is 37.4 Å². The van der Waals surface area contributed by atoms with E-state index in [-0.39, 0.29) is 0 Å². The zero-order chi connectivity index (χ0) is 15.9. The smallest absolute Gasteiger partial charge is 0.232 e. The Hall–Kier alpha value is -1.30. The Morgan fingerprint density at radius 1 is 1.09 bits per heavy atom. The monoisotopic (exact) mass is 397 g/mol. The fourth-order valence-corrected chi connectivity index (χ4v) is 3.92. The first kappa shape index (κ1) is 15.6. The van der Waals surface area contributed by atoms with E-state index in [2.05, 4.69) is 15.9 Å². The summed E-state index contributed by atoms with van der Waals surface area (Å²) in [5, 5.41) is 0.576. The SMILES string of the molecule is CS(=O)(=O)N1Cc2ccc(Br)cc2/C=C\c2cc(Cl)ccc21. The largest absolute Gasteiger partial charge is 0.265 e. The molecule has 22 heavy (non-hydrogen) atoms. The molecule has 0 spiro atoms. The molecular formula is C16H13BrClNO2S. The van der Waals surface area contributed by atoms with Crippen LogP contribution in [0.15, 0.2) is 40.9 Å². The minimum absolute atomic E-state index is 0.292. The first-order valence-electron chi connectivity index (χ1n) is 6.58. The van der Waals surface area contributed by atoms with Gasteiger partial charge in [-0.05, 0) is 41.5 Å². The molecule has 0 unspecified atom stereocenters. The Bertz CT molecular complexity index is 878. The van der Waals surface area contributed by atoms with Crippen molar-refractivity contribution in [3.63, 3.8) is 0 Å². The average molecular weight is 399 g/mol. The number of hydrogen-bond donors (Lipinski definition) is 0. The molecule has 1 heterocycles. The van der Waals surface area contributed by atoms with Gasteiger partial charge in [0.15, 0.2) is 0 Å². The highest BCUT2D eigenvalue weighted by molar-refractivity contribution is 9.10. The number of hydrogen-bond acceptors (Lipinski definition) is 2. The lowest BCUT2D eigenvalue weighted by molar-refractivity contribution is 0.596. The average Bonchev–Trinajstić information content (AvgIpc) is 2.41. The summed E-state index contributed by atoms with van der Waals surface area (Å²) < 4.78 is 26.8. The summed E-state index contributed by atoms with van der Waals surface area (Å²) >= 11 is 9.50. The quantitative estimate of drug-likeness (QED) is 0.706. The number of anilines is 1. The van der Waals surface area contributed by atoms with Crippen LogP contribution < -0.4 is 4.31 Å². The number of fused-ring (bicyclic) bond motifs is 2. The summed E-state index contributed by atoms with van der Waals surface area (Å²) in [6, 6.07) is 11.0. The Morgan fingerprint density at radius 3 is 2.55 bits per heavy atom. The zero-order valence-corrected chi connectivity index (χ0v) is 14.9. The highest BCUT2D eigenvalue weighted by Crippen LogP contribution is 2.33. The number of halogens is 2. The Kier molecular flexibility index (Phi) is 4.05. The molecular weight excluding hydrogens is 386 g/mol. The van der Waals surface area contributed by atoms with Gasteiger partial charge in [0.25, 0.3) is 0 Å². The second-order valence-electron chi connectivity index (χ2n) is 5.15. The summed E-state index contributed by atoms with van der Waals surface area (Å²) in [6.45, 7) is 0.292. The molecule has 0 radical (unpaired) electrons. The van der Waals surface area contributed by atoms with Crippen molar-refractivity contribution in [2.75, 3.05) is 10.6 Å². The molecule has 0 fully saturated rings. The predicted octanol–water partition coefficient (Wildman–Crippen LogP) is 4.55. The van der Waals surface area contributed by atoms with Crippen LogP contribution in [0.2, 0.25) is 5.02 Å². The highest BCUT2D eigenvalue weighted by Gasteiger charge is 2.22. The minimum atomic E-state index is -3.40. The van der Waals surface area contributed by atoms with Gasteiger partial charge < -0.3 is 0 Å². The molecule has 0 aromatic heterocycles. The van der Waals surface area contributed by atoms with Crippen LogP contribution in [-0.4, -0.2) is 14.7 Å². The summed E-state index contributed by atoms with van der Waals surface area (Å²) in [5.74, 6) is 0. The van der Waals surface area contributed by atoms with Crippen LogP contribution in [-0.2, 0) is 16.6 Å². The highest BCUT2D eigenvalue weighted by atomic mass is 79.9. The van der Waals surface area contributed by atoms with Crippen LogP contribution >= 0.6 is 27.5 Å². The fourth-order valence-electron chi connectivity index (χ4n) is 2.47. The Morgan fingerprint density at radius 2 is 1.82 bits per heavy atom. The van der Waals surface area contributed by atoms with Crippen molar-refractivity contribution in [2.24, 2.45) is 0 Å². The molecule has 0 saturated carbocycles. The maximum atomic E-state index is 12.2. The number of nitrogens with zero attached hydrogens (tertiary/aromatic N) is 1. The number of benzene rings is 2. The molecule has 114 valence electrons. The van der Waals surface area contributed by atoms with Crippen LogP contribution in [0.25, 0.3) is 12.2 Å². The third-order valence-electron chi connectivity index (χ3n) is 3.52. The molecule has 0 saturated heterocycles. The van der Waals surface area contributed by atoms with Crippen molar-refractivity contribution < 1.29 is 8.42 Å². The number of sulfonamides is 1. The normalized spacial score (nSPS) is 15.5. The Balaban J connectivity index is 2.26. The molecule has 0 amide bonds. The maximum absolute atomic E-state index is 12.2. The first-order chi connectivity index (χ1) is 10.3. The van der Waals surface area contributed by atoms with E-state index in [0.717, 1.165) is 21.2 Å². The van der Waals surface area contributed by atoms with Crippen LogP contribution in [0, 0.1) is 0 Å². The molecule has 0 atom stereocenters. The van der Waals surface area contributed by atoms with Crippen molar-refractivity contribution in [1.29, 1.82) is 0 Å². The van der Waals surface area contributed by atoms with Crippen LogP contribution in [0.4, 0.5) is 5.69 Å². The van der Waals surface area contributed by atoms with Gasteiger partial charge in [-0.2, -0.15) is 0 Å². The van der Waals surface area contributed by atoms with Gasteiger partial charge in [-0.3, -0.25) is 4.31 Å². The first-order valence-corrected chi connectivity index (χ1v) is 9.60. The van der Waals surface area contributed by atoms with Crippen molar-refractivity contribution in [3.8, 4) is 0 Å². The van der Waals surface area contributed by atoms with Crippen molar-refractivity contribution in [3.05, 3.63) is 62.6 Å². The van der Waals surface area contributed by atoms with Crippen LogP contribution in [0.1, 0.15) is 16.7 Å². The second-order valence-corrected chi connectivity index (χ2v) is 8.41. The van der Waals surface area contributed by atoms with E-state index in [1.807, 2.05) is 30.4 Å². The van der Waals surface area contributed by atoms with Gasteiger partial charge in [0.05, 0.1) is 18.5 Å². The van der Waals surface area contributed by atoms with E-state index in [9.17, 15) is 8.42 Å². The van der Waals surface area contributed by atoms with E-state index in [1.165, 1.54) is 10.6 Å². The van der Waals surface area contributed by atoms with Gasteiger partial charge in [-0.15, -0.1) is 0 Å². The van der Waals surface area contributed by atoms with Gasteiger partial charge in [0.1, 0.15) is 0 Å². The summed E-state index contributed by atoms with van der Waals surface area (Å²) in [7, 11) is -3.40. The molecule has 2 aromatic rings. The standard InChI is InChI=1S/C16H13BrClNO2S/c1-22(20,21)19-10-13-4-5-14(17)8-11(13)2-3-12-9-15(18)6-7-16(12)19/h2-9H,10H2,1H3/b3-2-. The lowest BCUT2D eigenvalue weighted by Crippen LogP contribution is -2.30. The maximum Gasteiger partial charge on any atom is 0.232 e. The summed E-state index contributed by atoms with van der Waals surface area (Å²) in [5.41, 5.74) is 3.35. The Labute approximate surface area is 143 Å². The second kappa shape index (κ2) is 5.72. The number of rotatable bonds is 1.